The summed E-state index contributed by atoms with van der Waals surface area (Å²) in [4.78, 5) is 3.53. The summed E-state index contributed by atoms with van der Waals surface area (Å²) in [6.45, 7) is 5.28. The van der Waals surface area contributed by atoms with E-state index in [0.717, 1.165) is 12.8 Å². The number of ether oxygens (including phenoxy) is 1. The molecule has 1 saturated heterocycles. The number of rotatable bonds is 0. The largest absolute Gasteiger partial charge is 0.476 e. The van der Waals surface area contributed by atoms with Crippen molar-refractivity contribution >= 4 is 0 Å². The van der Waals surface area contributed by atoms with Gasteiger partial charge in [-0.1, -0.05) is 12.8 Å². The summed E-state index contributed by atoms with van der Waals surface area (Å²) in [5.41, 5.74) is -3.11. The summed E-state index contributed by atoms with van der Waals surface area (Å²) in [5.74, 6) is -0.538. The Morgan fingerprint density at radius 1 is 1.06 bits per heavy atom. The van der Waals surface area contributed by atoms with Crippen LogP contribution in [-0.4, -0.2) is 11.3 Å². The van der Waals surface area contributed by atoms with Gasteiger partial charge in [0.2, 0.25) is 0 Å². The molecule has 1 aliphatic carbocycles. The molecule has 1 aliphatic heterocycles. The molecule has 17 heavy (non-hydrogen) atoms. The predicted molar refractivity (Wildman–Crippen MR) is 57.1 cm³/mol. The Labute approximate surface area is 99.6 Å². The van der Waals surface area contributed by atoms with E-state index in [9.17, 15) is 15.8 Å². The molecule has 1 heterocycles. The van der Waals surface area contributed by atoms with Gasteiger partial charge in [-0.05, 0) is 17.7 Å². The molecule has 5 heteroatoms. The van der Waals surface area contributed by atoms with Gasteiger partial charge in [0.25, 0.3) is 12.2 Å². The first-order chi connectivity index (χ1) is 8.18. The number of fused-ring (bicyclic) bond motifs is 1. The molecule has 0 aromatic heterocycles. The summed E-state index contributed by atoms with van der Waals surface area (Å²) in [7, 11) is 0. The second-order valence-corrected chi connectivity index (χ2v) is 4.50. The van der Waals surface area contributed by atoms with Crippen molar-refractivity contribution < 1.29 is 4.74 Å². The molecule has 2 rings (SSSR count). The molecular formula is C12H11N4O+. The Hall–Kier alpha value is -2.08. The second kappa shape index (κ2) is 3.74. The van der Waals surface area contributed by atoms with Gasteiger partial charge in [0.15, 0.2) is 6.07 Å². The lowest BCUT2D eigenvalue weighted by Gasteiger charge is -2.26. The number of nitriles is 3. The van der Waals surface area contributed by atoms with Crippen molar-refractivity contribution in [1.82, 2.24) is 0 Å². The molecule has 0 amide bonds. The Balaban J connectivity index is 2.53. The van der Waals surface area contributed by atoms with E-state index in [1.807, 2.05) is 18.2 Å². The van der Waals surface area contributed by atoms with Crippen LogP contribution in [0.2, 0.25) is 0 Å². The Bertz CT molecular complexity index is 425. The van der Waals surface area contributed by atoms with Gasteiger partial charge in [0, 0.05) is 5.92 Å². The van der Waals surface area contributed by atoms with E-state index in [2.05, 4.69) is 4.85 Å². The average molecular weight is 227 g/mol. The Morgan fingerprint density at radius 2 is 1.65 bits per heavy atom. The van der Waals surface area contributed by atoms with Crippen molar-refractivity contribution in [2.75, 3.05) is 0 Å². The molecule has 3 unspecified atom stereocenters. The van der Waals surface area contributed by atoms with Crippen LogP contribution in [0.5, 0.6) is 0 Å². The van der Waals surface area contributed by atoms with Crippen molar-refractivity contribution in [3.05, 3.63) is 4.85 Å². The molecule has 3 atom stereocenters. The highest BCUT2D eigenvalue weighted by molar-refractivity contribution is 5.33. The fraction of sp³-hybridized carbons (Fsp3) is 0.667. The predicted octanol–water partition coefficient (Wildman–Crippen LogP) is 1.79. The first kappa shape index (κ1) is 11.4. The van der Waals surface area contributed by atoms with Crippen LogP contribution in [0.15, 0.2) is 0 Å². The third kappa shape index (κ3) is 1.31. The van der Waals surface area contributed by atoms with Gasteiger partial charge in [0.05, 0.1) is 5.92 Å². The zero-order chi connectivity index (χ0) is 12.5. The van der Waals surface area contributed by atoms with Crippen LogP contribution in [0.3, 0.4) is 0 Å². The van der Waals surface area contributed by atoms with Crippen LogP contribution in [0, 0.1) is 52.4 Å². The second-order valence-electron chi connectivity index (χ2n) is 4.50. The normalized spacial score (nSPS) is 37.9. The summed E-state index contributed by atoms with van der Waals surface area (Å²) < 4.78 is 5.41. The summed E-state index contributed by atoms with van der Waals surface area (Å²) >= 11 is 0. The zero-order valence-corrected chi connectivity index (χ0v) is 9.26. The molecule has 0 aromatic carbocycles. The van der Waals surface area contributed by atoms with E-state index in [4.69, 9.17) is 11.3 Å². The minimum Gasteiger partial charge on any atom is -0.256 e. The topological polar surface area (TPSA) is 85.0 Å². The lowest BCUT2D eigenvalue weighted by atomic mass is 9.70. The minimum atomic E-state index is -1.58. The summed E-state index contributed by atoms with van der Waals surface area (Å²) in [5, 5.41) is 27.6. The molecule has 84 valence electrons. The van der Waals surface area contributed by atoms with Crippen molar-refractivity contribution in [1.29, 1.82) is 15.8 Å². The maximum atomic E-state index is 9.21. The SMILES string of the molecule is C#[N+]C1(C#N)OC(C#N)(C#N)C2CCCCC21. The molecule has 0 radical (unpaired) electrons. The maximum absolute atomic E-state index is 9.21. The molecule has 0 bridgehead atoms. The van der Waals surface area contributed by atoms with Crippen molar-refractivity contribution in [2.45, 2.75) is 37.0 Å². The van der Waals surface area contributed by atoms with Gasteiger partial charge in [-0.15, -0.1) is 0 Å². The first-order valence-electron chi connectivity index (χ1n) is 5.54. The van der Waals surface area contributed by atoms with E-state index in [1.165, 1.54) is 0 Å². The van der Waals surface area contributed by atoms with E-state index in [1.54, 1.807) is 0 Å². The van der Waals surface area contributed by atoms with Gasteiger partial charge >= 0.3 is 5.72 Å². The van der Waals surface area contributed by atoms with Crippen LogP contribution < -0.4 is 0 Å². The monoisotopic (exact) mass is 227 g/mol. The van der Waals surface area contributed by atoms with Crippen LogP contribution in [0.25, 0.3) is 4.85 Å². The molecule has 0 N–H and O–H groups in total. The van der Waals surface area contributed by atoms with E-state index in [0.29, 0.717) is 12.8 Å². The fourth-order valence-corrected chi connectivity index (χ4v) is 2.98. The van der Waals surface area contributed by atoms with Crippen molar-refractivity contribution in [3.63, 3.8) is 0 Å². The number of hydrogen-bond donors (Lipinski definition) is 0. The molecular weight excluding hydrogens is 216 g/mol. The first-order valence-corrected chi connectivity index (χ1v) is 5.54. The highest BCUT2D eigenvalue weighted by atomic mass is 16.5. The lowest BCUT2D eigenvalue weighted by Crippen LogP contribution is -2.35. The van der Waals surface area contributed by atoms with Gasteiger partial charge in [-0.2, -0.15) is 15.8 Å². The third-order valence-electron chi connectivity index (χ3n) is 3.79. The molecule has 0 spiro atoms. The fourth-order valence-electron chi connectivity index (χ4n) is 2.98. The van der Waals surface area contributed by atoms with Crippen LogP contribution >= 0.6 is 0 Å². The van der Waals surface area contributed by atoms with Gasteiger partial charge in [-0.25, -0.2) is 0 Å². The van der Waals surface area contributed by atoms with Crippen LogP contribution in [0.1, 0.15) is 25.7 Å². The minimum absolute atomic E-state index is 0.259. The standard InChI is InChI=1S/C12H11N4O/c1-16-12(8-15)10-5-3-2-4-9(10)11(6-13,7-14)17-12/h1,9-10H,2-5H2/q+1. The van der Waals surface area contributed by atoms with E-state index in [-0.39, 0.29) is 11.8 Å². The molecule has 1 saturated carbocycles. The summed E-state index contributed by atoms with van der Waals surface area (Å²) in [6, 6.07) is 5.73. The van der Waals surface area contributed by atoms with Crippen LogP contribution in [0.4, 0.5) is 0 Å². The van der Waals surface area contributed by atoms with E-state index >= 15 is 0 Å². The summed E-state index contributed by atoms with van der Waals surface area (Å²) in [6.07, 6.45) is 3.28. The Kier molecular flexibility index (Phi) is 2.51. The number of nitrogens with zero attached hydrogens (tertiary/aromatic N) is 4. The Morgan fingerprint density at radius 3 is 2.12 bits per heavy atom. The highest BCUT2D eigenvalue weighted by Crippen LogP contribution is 2.53. The molecule has 2 fully saturated rings. The zero-order valence-electron chi connectivity index (χ0n) is 9.26. The molecule has 0 aromatic rings. The lowest BCUT2D eigenvalue weighted by molar-refractivity contribution is -0.00117. The quantitative estimate of drug-likeness (QED) is 0.631. The van der Waals surface area contributed by atoms with Crippen molar-refractivity contribution in [2.24, 2.45) is 11.8 Å². The maximum Gasteiger partial charge on any atom is 0.476 e. The smallest absolute Gasteiger partial charge is 0.256 e. The van der Waals surface area contributed by atoms with Gasteiger partial charge < -0.3 is 0 Å². The van der Waals surface area contributed by atoms with E-state index < -0.39 is 11.3 Å². The number of hydrogen-bond acceptors (Lipinski definition) is 4. The van der Waals surface area contributed by atoms with Crippen LogP contribution in [-0.2, 0) is 4.74 Å². The molecule has 2 aliphatic rings. The van der Waals surface area contributed by atoms with Gasteiger partial charge in [0.1, 0.15) is 12.1 Å². The highest BCUT2D eigenvalue weighted by Gasteiger charge is 2.71. The van der Waals surface area contributed by atoms with Crippen molar-refractivity contribution in [3.8, 4) is 24.8 Å². The average Bonchev–Trinajstić information content (AvgIpc) is 2.71. The molecule has 5 nitrogen and oxygen atoms in total. The third-order valence-corrected chi connectivity index (χ3v) is 3.79. The van der Waals surface area contributed by atoms with Gasteiger partial charge in [-0.3, -0.25) is 4.74 Å².